The van der Waals surface area contributed by atoms with Crippen molar-refractivity contribution in [2.75, 3.05) is 13.2 Å². The largest absolute Gasteiger partial charge is 0.491 e. The Labute approximate surface area is 158 Å². The zero-order valence-corrected chi connectivity index (χ0v) is 15.0. The van der Waals surface area contributed by atoms with E-state index in [0.717, 1.165) is 16.5 Å². The van der Waals surface area contributed by atoms with Crippen LogP contribution in [0.1, 0.15) is 12.5 Å². The molecule has 3 rings (SSSR count). The molecular weight excluding hydrogens is 340 g/mol. The van der Waals surface area contributed by atoms with E-state index in [4.69, 9.17) is 14.7 Å². The fraction of sp³-hybridized carbons (Fsp3) is 0.182. The molecule has 3 aromatic carbocycles. The van der Waals surface area contributed by atoms with E-state index in [0.29, 0.717) is 24.5 Å². The van der Waals surface area contributed by atoms with Crippen LogP contribution in [0, 0.1) is 11.3 Å². The van der Waals surface area contributed by atoms with Crippen molar-refractivity contribution in [2.45, 2.75) is 13.0 Å². The van der Waals surface area contributed by atoms with Crippen molar-refractivity contribution in [1.29, 1.82) is 5.26 Å². The third-order valence-electron chi connectivity index (χ3n) is 4.07. The number of fused-ring (bicyclic) bond motifs is 1. The predicted octanol–water partition coefficient (Wildman–Crippen LogP) is 3.67. The van der Waals surface area contributed by atoms with E-state index in [1.807, 2.05) is 48.5 Å². The summed E-state index contributed by atoms with van der Waals surface area (Å²) in [5.74, 6) is 1.12. The number of ether oxygens (including phenoxy) is 2. The van der Waals surface area contributed by atoms with Crippen molar-refractivity contribution in [2.24, 2.45) is 0 Å². The van der Waals surface area contributed by atoms with Gasteiger partial charge in [0.05, 0.1) is 18.2 Å². The Kier molecular flexibility index (Phi) is 5.91. The van der Waals surface area contributed by atoms with E-state index >= 15 is 0 Å². The molecule has 0 saturated heterocycles. The maximum Gasteiger partial charge on any atom is 0.260 e. The van der Waals surface area contributed by atoms with Crippen LogP contribution >= 0.6 is 0 Å². The Balaban J connectivity index is 1.46. The smallest absolute Gasteiger partial charge is 0.260 e. The number of carbonyl (C=O) groups excluding carboxylic acids is 1. The molecule has 136 valence electrons. The number of hydrogen-bond acceptors (Lipinski definition) is 4. The number of carbonyl (C=O) groups is 1. The second-order valence-electron chi connectivity index (χ2n) is 6.01. The molecule has 0 aliphatic rings. The minimum atomic E-state index is -0.643. The lowest BCUT2D eigenvalue weighted by Gasteiger charge is -2.15. The van der Waals surface area contributed by atoms with Gasteiger partial charge < -0.3 is 14.8 Å². The summed E-state index contributed by atoms with van der Waals surface area (Å²) in [5.41, 5.74) is 0.546. The number of nitrogens with one attached hydrogen (secondary N) is 1. The Morgan fingerprint density at radius 1 is 1.07 bits per heavy atom. The van der Waals surface area contributed by atoms with Crippen molar-refractivity contribution in [3.63, 3.8) is 0 Å². The van der Waals surface area contributed by atoms with Crippen LogP contribution in [-0.2, 0) is 4.79 Å². The van der Waals surface area contributed by atoms with Crippen molar-refractivity contribution in [3.05, 3.63) is 72.3 Å². The molecule has 3 aromatic rings. The van der Waals surface area contributed by atoms with Crippen molar-refractivity contribution in [1.82, 2.24) is 5.32 Å². The minimum absolute atomic E-state index is 0.221. The molecule has 5 heteroatoms. The molecule has 1 unspecified atom stereocenters. The van der Waals surface area contributed by atoms with Gasteiger partial charge in [0.15, 0.2) is 6.10 Å². The normalized spacial score (nSPS) is 11.4. The van der Waals surface area contributed by atoms with Crippen LogP contribution < -0.4 is 14.8 Å². The van der Waals surface area contributed by atoms with Crippen molar-refractivity contribution in [3.8, 4) is 17.6 Å². The summed E-state index contributed by atoms with van der Waals surface area (Å²) >= 11 is 0. The highest BCUT2D eigenvalue weighted by molar-refractivity contribution is 5.88. The van der Waals surface area contributed by atoms with E-state index in [2.05, 4.69) is 5.32 Å². The van der Waals surface area contributed by atoms with Gasteiger partial charge in [-0.2, -0.15) is 5.26 Å². The molecule has 0 aromatic heterocycles. The van der Waals surface area contributed by atoms with E-state index < -0.39 is 6.10 Å². The monoisotopic (exact) mass is 360 g/mol. The predicted molar refractivity (Wildman–Crippen MR) is 104 cm³/mol. The summed E-state index contributed by atoms with van der Waals surface area (Å²) < 4.78 is 11.4. The molecular formula is C22H20N2O3. The molecule has 1 N–H and O–H groups in total. The van der Waals surface area contributed by atoms with Crippen LogP contribution in [-0.4, -0.2) is 25.2 Å². The summed E-state index contributed by atoms with van der Waals surface area (Å²) in [6, 6.07) is 22.6. The first kappa shape index (κ1) is 18.3. The second-order valence-corrected chi connectivity index (χ2v) is 6.01. The van der Waals surface area contributed by atoms with E-state index in [1.54, 1.807) is 31.2 Å². The number of hydrogen-bond donors (Lipinski definition) is 1. The molecule has 1 atom stereocenters. The van der Waals surface area contributed by atoms with Gasteiger partial charge in [-0.05, 0) is 42.6 Å². The third kappa shape index (κ3) is 4.77. The van der Waals surface area contributed by atoms with Crippen LogP contribution in [0.15, 0.2) is 66.7 Å². The summed E-state index contributed by atoms with van der Waals surface area (Å²) in [6.45, 7) is 2.42. The highest BCUT2D eigenvalue weighted by Gasteiger charge is 2.14. The lowest BCUT2D eigenvalue weighted by Crippen LogP contribution is -2.38. The Morgan fingerprint density at radius 2 is 1.81 bits per heavy atom. The third-order valence-corrected chi connectivity index (χ3v) is 4.07. The standard InChI is InChI=1S/C22H20N2O3/c1-16(27-19-11-9-17(15-23)10-12-19)22(25)24-13-14-26-21-8-4-6-18-5-2-3-7-20(18)21/h2-12,16H,13-14H2,1H3,(H,24,25). The van der Waals surface area contributed by atoms with Gasteiger partial charge >= 0.3 is 0 Å². The highest BCUT2D eigenvalue weighted by Crippen LogP contribution is 2.24. The Hall–Kier alpha value is -3.52. The number of nitriles is 1. The minimum Gasteiger partial charge on any atom is -0.491 e. The number of benzene rings is 3. The Morgan fingerprint density at radius 3 is 2.59 bits per heavy atom. The zero-order valence-electron chi connectivity index (χ0n) is 15.0. The molecule has 0 saturated carbocycles. The van der Waals surface area contributed by atoms with Gasteiger partial charge in [0.1, 0.15) is 18.1 Å². The lowest BCUT2D eigenvalue weighted by molar-refractivity contribution is -0.127. The molecule has 0 bridgehead atoms. The summed E-state index contributed by atoms with van der Waals surface area (Å²) in [4.78, 5) is 12.2. The quantitative estimate of drug-likeness (QED) is 0.653. The van der Waals surface area contributed by atoms with Gasteiger partial charge in [0.25, 0.3) is 5.91 Å². The van der Waals surface area contributed by atoms with Gasteiger partial charge in [-0.1, -0.05) is 36.4 Å². The maximum absolute atomic E-state index is 12.2. The molecule has 0 heterocycles. The second kappa shape index (κ2) is 8.72. The molecule has 0 aliphatic heterocycles. The van der Waals surface area contributed by atoms with Gasteiger partial charge in [0, 0.05) is 5.39 Å². The molecule has 0 fully saturated rings. The fourth-order valence-electron chi connectivity index (χ4n) is 2.67. The van der Waals surface area contributed by atoms with E-state index in [-0.39, 0.29) is 5.91 Å². The SMILES string of the molecule is CC(Oc1ccc(C#N)cc1)C(=O)NCCOc1cccc2ccccc12. The Bertz CT molecular complexity index is 956. The molecule has 5 nitrogen and oxygen atoms in total. The van der Waals surface area contributed by atoms with Crippen LogP contribution in [0.3, 0.4) is 0 Å². The molecule has 0 spiro atoms. The van der Waals surface area contributed by atoms with E-state index in [9.17, 15) is 4.79 Å². The van der Waals surface area contributed by atoms with Crippen LogP contribution in [0.2, 0.25) is 0 Å². The zero-order chi connectivity index (χ0) is 19.1. The average molecular weight is 360 g/mol. The van der Waals surface area contributed by atoms with Crippen LogP contribution in [0.25, 0.3) is 10.8 Å². The average Bonchev–Trinajstić information content (AvgIpc) is 2.71. The van der Waals surface area contributed by atoms with Crippen molar-refractivity contribution >= 4 is 16.7 Å². The molecule has 0 aliphatic carbocycles. The molecule has 27 heavy (non-hydrogen) atoms. The fourth-order valence-corrected chi connectivity index (χ4v) is 2.67. The first-order valence-electron chi connectivity index (χ1n) is 8.72. The lowest BCUT2D eigenvalue weighted by atomic mass is 10.1. The number of rotatable bonds is 7. The van der Waals surface area contributed by atoms with Gasteiger partial charge in [0.2, 0.25) is 0 Å². The highest BCUT2D eigenvalue weighted by atomic mass is 16.5. The number of amides is 1. The van der Waals surface area contributed by atoms with E-state index in [1.165, 1.54) is 0 Å². The molecule has 1 amide bonds. The first-order valence-corrected chi connectivity index (χ1v) is 8.72. The van der Waals surface area contributed by atoms with Crippen LogP contribution in [0.5, 0.6) is 11.5 Å². The van der Waals surface area contributed by atoms with Gasteiger partial charge in [-0.25, -0.2) is 0 Å². The summed E-state index contributed by atoms with van der Waals surface area (Å²) in [5, 5.41) is 13.8. The first-order chi connectivity index (χ1) is 13.2. The van der Waals surface area contributed by atoms with Gasteiger partial charge in [-0.15, -0.1) is 0 Å². The summed E-state index contributed by atoms with van der Waals surface area (Å²) in [7, 11) is 0. The molecule has 0 radical (unpaired) electrons. The topological polar surface area (TPSA) is 71.3 Å². The maximum atomic E-state index is 12.2. The van der Waals surface area contributed by atoms with Crippen LogP contribution in [0.4, 0.5) is 0 Å². The number of nitrogens with zero attached hydrogens (tertiary/aromatic N) is 1. The summed E-state index contributed by atoms with van der Waals surface area (Å²) in [6.07, 6.45) is -0.643. The van der Waals surface area contributed by atoms with Gasteiger partial charge in [-0.3, -0.25) is 4.79 Å². The van der Waals surface area contributed by atoms with Crippen molar-refractivity contribution < 1.29 is 14.3 Å².